The second kappa shape index (κ2) is 9.06. The fraction of sp³-hybridized carbons (Fsp3) is 0.810. The summed E-state index contributed by atoms with van der Waals surface area (Å²) in [5.74, 6) is 0.307. The van der Waals surface area contributed by atoms with Gasteiger partial charge in [-0.15, -0.1) is 0 Å². The highest BCUT2D eigenvalue weighted by molar-refractivity contribution is 7.90. The van der Waals surface area contributed by atoms with Gasteiger partial charge < -0.3 is 14.4 Å². The van der Waals surface area contributed by atoms with Crippen molar-refractivity contribution in [3.05, 3.63) is 12.4 Å². The third kappa shape index (κ3) is 5.72. The number of hydrogen-bond donors (Lipinski definition) is 0. The second-order valence-corrected chi connectivity index (χ2v) is 11.3. The summed E-state index contributed by atoms with van der Waals surface area (Å²) in [7, 11) is -3.39. The molecule has 1 aromatic rings. The van der Waals surface area contributed by atoms with Gasteiger partial charge in [0.15, 0.2) is 14.9 Å². The molecule has 3 aliphatic rings. The molecule has 0 aromatic carbocycles. The van der Waals surface area contributed by atoms with Gasteiger partial charge in [-0.3, -0.25) is 0 Å². The molecule has 7 nitrogen and oxygen atoms in total. The average molecular weight is 478 g/mol. The molecule has 4 rings (SSSR count). The van der Waals surface area contributed by atoms with Gasteiger partial charge in [-0.05, 0) is 51.4 Å². The SMILES string of the molecule is CS(=O)(=O)c1cnc(OC2CCC(OC3CCN(CC4(C(F)(F)F)CC4)CC3)CC2)cn1. The van der Waals surface area contributed by atoms with Crippen molar-refractivity contribution in [3.63, 3.8) is 0 Å². The second-order valence-electron chi connectivity index (χ2n) is 9.37. The normalized spacial score (nSPS) is 27.2. The number of piperidine rings is 1. The molecule has 2 heterocycles. The lowest BCUT2D eigenvalue weighted by atomic mass is 9.94. The van der Waals surface area contributed by atoms with Gasteiger partial charge in [-0.25, -0.2) is 18.4 Å². The topological polar surface area (TPSA) is 81.6 Å². The van der Waals surface area contributed by atoms with Crippen molar-refractivity contribution in [3.8, 4) is 5.88 Å². The summed E-state index contributed by atoms with van der Waals surface area (Å²) in [6.07, 6.45) is 5.07. The molecule has 0 spiro atoms. The first-order valence-corrected chi connectivity index (χ1v) is 13.1. The Labute approximate surface area is 186 Å². The van der Waals surface area contributed by atoms with Crippen LogP contribution in [0.3, 0.4) is 0 Å². The molecule has 0 N–H and O–H groups in total. The lowest BCUT2D eigenvalue weighted by molar-refractivity contribution is -0.193. The minimum atomic E-state index is -4.09. The summed E-state index contributed by atoms with van der Waals surface area (Å²) in [4.78, 5) is 9.87. The van der Waals surface area contributed by atoms with E-state index in [9.17, 15) is 21.6 Å². The fourth-order valence-electron chi connectivity index (χ4n) is 4.60. The molecule has 32 heavy (non-hydrogen) atoms. The quantitative estimate of drug-likeness (QED) is 0.595. The molecule has 0 amide bonds. The highest BCUT2D eigenvalue weighted by Gasteiger charge is 2.63. The molecule has 0 bridgehead atoms. The van der Waals surface area contributed by atoms with E-state index >= 15 is 0 Å². The smallest absolute Gasteiger partial charge is 0.395 e. The number of aromatic nitrogens is 2. The minimum absolute atomic E-state index is 0.0211. The maximum atomic E-state index is 13.2. The van der Waals surface area contributed by atoms with Crippen molar-refractivity contribution in [2.45, 2.75) is 80.9 Å². The first-order valence-electron chi connectivity index (χ1n) is 11.2. The van der Waals surface area contributed by atoms with Crippen molar-refractivity contribution in [1.29, 1.82) is 0 Å². The van der Waals surface area contributed by atoms with Gasteiger partial charge in [-0.1, -0.05) is 0 Å². The Balaban J connectivity index is 1.16. The van der Waals surface area contributed by atoms with Crippen LogP contribution in [0.15, 0.2) is 17.4 Å². The zero-order chi connectivity index (χ0) is 23.0. The zero-order valence-corrected chi connectivity index (χ0v) is 19.0. The van der Waals surface area contributed by atoms with Crippen LogP contribution in [0.1, 0.15) is 51.4 Å². The molecule has 0 radical (unpaired) electrons. The van der Waals surface area contributed by atoms with E-state index in [4.69, 9.17) is 9.47 Å². The van der Waals surface area contributed by atoms with E-state index in [-0.39, 0.29) is 42.7 Å². The predicted molar refractivity (Wildman–Crippen MR) is 110 cm³/mol. The van der Waals surface area contributed by atoms with Gasteiger partial charge in [0, 0.05) is 25.9 Å². The first kappa shape index (κ1) is 23.7. The molecular formula is C21H30F3N3O4S. The Morgan fingerprint density at radius 2 is 1.59 bits per heavy atom. The molecular weight excluding hydrogens is 447 g/mol. The Bertz CT molecular complexity index is 875. The Morgan fingerprint density at radius 3 is 2.09 bits per heavy atom. The lowest BCUT2D eigenvalue weighted by Gasteiger charge is -2.37. The fourth-order valence-corrected chi connectivity index (χ4v) is 5.09. The molecule has 1 aliphatic heterocycles. The number of likely N-dealkylation sites (tertiary alicyclic amines) is 1. The number of nitrogens with zero attached hydrogens (tertiary/aromatic N) is 3. The van der Waals surface area contributed by atoms with Crippen LogP contribution in [0.2, 0.25) is 0 Å². The van der Waals surface area contributed by atoms with Gasteiger partial charge in [0.2, 0.25) is 5.88 Å². The van der Waals surface area contributed by atoms with Crippen molar-refractivity contribution in [2.75, 3.05) is 25.9 Å². The third-order valence-corrected chi connectivity index (χ3v) is 7.76. The molecule has 0 unspecified atom stereocenters. The molecule has 180 valence electrons. The highest BCUT2D eigenvalue weighted by atomic mass is 32.2. The summed E-state index contributed by atoms with van der Waals surface area (Å²) in [5, 5.41) is -0.0845. The van der Waals surface area contributed by atoms with E-state index in [0.29, 0.717) is 19.0 Å². The molecule has 1 aromatic heterocycles. The largest absolute Gasteiger partial charge is 0.473 e. The number of rotatable bonds is 7. The number of ether oxygens (including phenoxy) is 2. The van der Waals surface area contributed by atoms with Crippen molar-refractivity contribution in [1.82, 2.24) is 14.9 Å². The van der Waals surface area contributed by atoms with Crippen LogP contribution in [0.5, 0.6) is 5.88 Å². The number of sulfone groups is 1. The summed E-state index contributed by atoms with van der Waals surface area (Å²) >= 11 is 0. The van der Waals surface area contributed by atoms with Gasteiger partial charge >= 0.3 is 6.18 Å². The van der Waals surface area contributed by atoms with Crippen LogP contribution >= 0.6 is 0 Å². The predicted octanol–water partition coefficient (Wildman–Crippen LogP) is 3.39. The summed E-state index contributed by atoms with van der Waals surface area (Å²) < 4.78 is 74.5. The maximum Gasteiger partial charge on any atom is 0.395 e. The Kier molecular flexibility index (Phi) is 6.71. The highest BCUT2D eigenvalue weighted by Crippen LogP contribution is 2.58. The lowest BCUT2D eigenvalue weighted by Crippen LogP contribution is -2.44. The van der Waals surface area contributed by atoms with Crippen LogP contribution in [-0.4, -0.2) is 73.7 Å². The molecule has 0 atom stereocenters. The standard InChI is InChI=1S/C21H30F3N3O4S/c1-32(28,29)19-13-25-18(12-26-19)31-16-4-2-15(3-5-16)30-17-6-10-27(11-7-17)14-20(8-9-20)21(22,23)24/h12-13,15-17H,2-11,14H2,1H3. The van der Waals surface area contributed by atoms with Crippen LogP contribution < -0.4 is 4.74 Å². The van der Waals surface area contributed by atoms with Crippen molar-refractivity contribution in [2.24, 2.45) is 5.41 Å². The minimum Gasteiger partial charge on any atom is -0.473 e. The van der Waals surface area contributed by atoms with E-state index in [0.717, 1.165) is 44.8 Å². The maximum absolute atomic E-state index is 13.2. The monoisotopic (exact) mass is 477 g/mol. The van der Waals surface area contributed by atoms with Gasteiger partial charge in [0.1, 0.15) is 6.10 Å². The zero-order valence-electron chi connectivity index (χ0n) is 18.2. The summed E-state index contributed by atoms with van der Waals surface area (Å²) in [6, 6.07) is 0. The van der Waals surface area contributed by atoms with Crippen LogP contribution in [-0.2, 0) is 14.6 Å². The number of hydrogen-bond acceptors (Lipinski definition) is 7. The van der Waals surface area contributed by atoms with Crippen molar-refractivity contribution < 1.29 is 31.1 Å². The average Bonchev–Trinajstić information content (AvgIpc) is 3.52. The van der Waals surface area contributed by atoms with Gasteiger partial charge in [0.05, 0.1) is 30.0 Å². The molecule has 3 fully saturated rings. The Morgan fingerprint density at radius 1 is 1.00 bits per heavy atom. The number of alkyl halides is 3. The first-order chi connectivity index (χ1) is 15.0. The summed E-state index contributed by atoms with van der Waals surface area (Å²) in [6.45, 7) is 1.44. The van der Waals surface area contributed by atoms with E-state index in [2.05, 4.69) is 9.97 Å². The van der Waals surface area contributed by atoms with Crippen LogP contribution in [0, 0.1) is 5.41 Å². The Hall–Kier alpha value is -1.46. The van der Waals surface area contributed by atoms with E-state index < -0.39 is 21.4 Å². The molecule has 1 saturated heterocycles. The van der Waals surface area contributed by atoms with Crippen LogP contribution in [0.25, 0.3) is 0 Å². The van der Waals surface area contributed by atoms with E-state index in [1.165, 1.54) is 12.4 Å². The van der Waals surface area contributed by atoms with E-state index in [1.54, 1.807) is 0 Å². The molecule has 2 saturated carbocycles. The van der Waals surface area contributed by atoms with Gasteiger partial charge in [-0.2, -0.15) is 13.2 Å². The number of halogens is 3. The molecule has 2 aliphatic carbocycles. The third-order valence-electron chi connectivity index (χ3n) is 6.79. The van der Waals surface area contributed by atoms with Gasteiger partial charge in [0.25, 0.3) is 0 Å². The van der Waals surface area contributed by atoms with E-state index in [1.807, 2.05) is 4.90 Å². The van der Waals surface area contributed by atoms with Crippen LogP contribution in [0.4, 0.5) is 13.2 Å². The van der Waals surface area contributed by atoms with Crippen molar-refractivity contribution >= 4 is 9.84 Å². The summed E-state index contributed by atoms with van der Waals surface area (Å²) in [5.41, 5.74) is -1.46. The molecule has 11 heteroatoms.